The molecule has 0 saturated heterocycles. The fraction of sp³-hybridized carbons (Fsp3) is 0.261. The number of hydrogen-bond donors (Lipinski definition) is 1. The Morgan fingerprint density at radius 3 is 2.36 bits per heavy atom. The molecule has 1 fully saturated rings. The third-order valence-corrected chi connectivity index (χ3v) is 9.08. The Morgan fingerprint density at radius 2 is 1.75 bits per heavy atom. The van der Waals surface area contributed by atoms with Gasteiger partial charge in [0.05, 0.1) is 21.4 Å². The first kappa shape index (κ1) is 25.4. The van der Waals surface area contributed by atoms with Crippen molar-refractivity contribution >= 4 is 43.9 Å². The molecule has 1 aliphatic carbocycles. The minimum atomic E-state index is -4.00. The Bertz CT molecular complexity index is 1400. The molecule has 1 N–H and O–H groups in total. The predicted molar refractivity (Wildman–Crippen MR) is 127 cm³/mol. The fourth-order valence-corrected chi connectivity index (χ4v) is 6.54. The van der Waals surface area contributed by atoms with E-state index >= 15 is 0 Å². The van der Waals surface area contributed by atoms with Crippen molar-refractivity contribution in [3.63, 3.8) is 0 Å². The van der Waals surface area contributed by atoms with Crippen LogP contribution in [0.4, 0.5) is 15.2 Å². The number of thiazole rings is 1. The van der Waals surface area contributed by atoms with Crippen LogP contribution >= 0.6 is 11.3 Å². The van der Waals surface area contributed by atoms with E-state index in [-0.39, 0.29) is 19.9 Å². The number of hydrogen-bond acceptors (Lipinski definition) is 9. The molecule has 0 unspecified atom stereocenters. The van der Waals surface area contributed by atoms with Crippen LogP contribution in [0.25, 0.3) is 0 Å². The van der Waals surface area contributed by atoms with Gasteiger partial charge < -0.3 is 4.74 Å². The predicted octanol–water partition coefficient (Wildman–Crippen LogP) is 4.02. The quantitative estimate of drug-likeness (QED) is 0.260. The number of halogens is 1. The summed E-state index contributed by atoms with van der Waals surface area (Å²) in [6, 6.07) is 10.0. The summed E-state index contributed by atoms with van der Waals surface area (Å²) in [7, 11) is -4.00. The van der Waals surface area contributed by atoms with Crippen LogP contribution in [0.1, 0.15) is 31.2 Å². The largest absolute Gasteiger partial charge is 0.455 e. The molecule has 1 saturated carbocycles. The molecule has 0 aliphatic heterocycles. The van der Waals surface area contributed by atoms with Crippen LogP contribution < -0.4 is 5.32 Å². The van der Waals surface area contributed by atoms with Crippen LogP contribution in [0.2, 0.25) is 0 Å². The first-order valence-corrected chi connectivity index (χ1v) is 13.1. The average molecular weight is 534 g/mol. The van der Waals surface area contributed by atoms with Gasteiger partial charge in [-0.25, -0.2) is 17.8 Å². The van der Waals surface area contributed by atoms with Crippen molar-refractivity contribution in [2.24, 2.45) is 0 Å². The number of esters is 1. The highest BCUT2D eigenvalue weighted by atomic mass is 32.2. The van der Waals surface area contributed by atoms with Gasteiger partial charge in [0, 0.05) is 12.1 Å². The van der Waals surface area contributed by atoms with Gasteiger partial charge in [0.1, 0.15) is 10.0 Å². The van der Waals surface area contributed by atoms with Crippen molar-refractivity contribution in [3.8, 4) is 0 Å². The van der Waals surface area contributed by atoms with Gasteiger partial charge in [0.15, 0.2) is 11.7 Å². The minimum Gasteiger partial charge on any atom is -0.455 e. The van der Waals surface area contributed by atoms with E-state index in [2.05, 4.69) is 10.3 Å². The highest BCUT2D eigenvalue weighted by Gasteiger charge is 2.44. The van der Waals surface area contributed by atoms with Crippen molar-refractivity contribution in [1.29, 1.82) is 0 Å². The molecule has 3 aromatic rings. The molecule has 2 aromatic carbocycles. The van der Waals surface area contributed by atoms with Crippen LogP contribution in [-0.2, 0) is 29.6 Å². The lowest BCUT2D eigenvalue weighted by Crippen LogP contribution is -2.36. The maximum absolute atomic E-state index is 13.3. The number of amides is 1. The number of sulfone groups is 1. The molecule has 0 atom stereocenters. The molecule has 188 valence electrons. The van der Waals surface area contributed by atoms with Crippen molar-refractivity contribution in [3.05, 3.63) is 76.2 Å². The van der Waals surface area contributed by atoms with Gasteiger partial charge in [0.2, 0.25) is 9.84 Å². The third kappa shape index (κ3) is 5.11. The zero-order valence-electron chi connectivity index (χ0n) is 18.7. The lowest BCUT2D eigenvalue weighted by atomic mass is 9.79. The molecule has 0 bridgehead atoms. The number of aromatic nitrogens is 1. The van der Waals surface area contributed by atoms with E-state index in [1.807, 2.05) is 0 Å². The first-order valence-electron chi connectivity index (χ1n) is 10.8. The highest BCUT2D eigenvalue weighted by molar-refractivity contribution is 7.93. The van der Waals surface area contributed by atoms with Gasteiger partial charge >= 0.3 is 5.97 Å². The number of nitro groups is 1. The smallest absolute Gasteiger partial charge is 0.317 e. The molecule has 10 nitrogen and oxygen atoms in total. The molecule has 0 radical (unpaired) electrons. The monoisotopic (exact) mass is 533 g/mol. The summed E-state index contributed by atoms with van der Waals surface area (Å²) in [4.78, 5) is 39.2. The molecule has 36 heavy (non-hydrogen) atoms. The summed E-state index contributed by atoms with van der Waals surface area (Å²) in [5.74, 6) is -1.70. The number of nitro benzene ring substituents is 1. The number of anilines is 1. The van der Waals surface area contributed by atoms with Gasteiger partial charge in [-0.05, 0) is 42.7 Å². The van der Waals surface area contributed by atoms with Gasteiger partial charge in [-0.2, -0.15) is 0 Å². The summed E-state index contributed by atoms with van der Waals surface area (Å²) in [6.07, 6.45) is 3.70. The standard InChI is InChI=1S/C23H20FN3O7S2/c24-16-5-3-15(4-6-16)23(11-1-2-12-23)21(29)34-14-19(28)26-22-25-13-20(35-22)36(32,33)18-9-7-17(8-10-18)27(30)31/h3-10,13H,1-2,11-12,14H2,(H,25,26,28). The van der Waals surface area contributed by atoms with Crippen LogP contribution in [0, 0.1) is 15.9 Å². The second kappa shape index (κ2) is 10.1. The second-order valence-electron chi connectivity index (χ2n) is 8.16. The molecular formula is C23H20FN3O7S2. The van der Waals surface area contributed by atoms with Crippen LogP contribution in [0.15, 0.2) is 63.8 Å². The summed E-state index contributed by atoms with van der Waals surface area (Å²) < 4.78 is 44.0. The van der Waals surface area contributed by atoms with Crippen molar-refractivity contribution in [2.45, 2.75) is 40.2 Å². The van der Waals surface area contributed by atoms with Crippen molar-refractivity contribution < 1.29 is 32.1 Å². The normalized spacial score (nSPS) is 14.8. The van der Waals surface area contributed by atoms with Gasteiger partial charge in [-0.1, -0.05) is 36.3 Å². The van der Waals surface area contributed by atoms with E-state index in [1.54, 1.807) is 12.1 Å². The molecule has 1 heterocycles. The van der Waals surface area contributed by atoms with E-state index in [9.17, 15) is 32.5 Å². The Hall–Kier alpha value is -3.71. The Morgan fingerprint density at radius 1 is 1.11 bits per heavy atom. The van der Waals surface area contributed by atoms with E-state index in [0.29, 0.717) is 29.7 Å². The van der Waals surface area contributed by atoms with Crippen LogP contribution in [0.3, 0.4) is 0 Å². The Labute approximate surface area is 209 Å². The van der Waals surface area contributed by atoms with E-state index < -0.39 is 44.5 Å². The number of carbonyl (C=O) groups is 2. The molecule has 13 heteroatoms. The lowest BCUT2D eigenvalue weighted by Gasteiger charge is -2.27. The van der Waals surface area contributed by atoms with E-state index in [4.69, 9.17) is 4.74 Å². The molecule has 1 aliphatic rings. The SMILES string of the molecule is O=C(COC(=O)C1(c2ccc(F)cc2)CCCC1)Nc1ncc(S(=O)(=O)c2ccc([N+](=O)[O-])cc2)s1. The molecule has 1 aromatic heterocycles. The Balaban J connectivity index is 1.39. The highest BCUT2D eigenvalue weighted by Crippen LogP contribution is 2.42. The molecule has 1 amide bonds. The number of ether oxygens (including phenoxy) is 1. The zero-order chi connectivity index (χ0) is 25.9. The summed E-state index contributed by atoms with van der Waals surface area (Å²) >= 11 is 0.690. The zero-order valence-corrected chi connectivity index (χ0v) is 20.3. The summed E-state index contributed by atoms with van der Waals surface area (Å²) in [5.41, 5.74) is -0.561. The van der Waals surface area contributed by atoms with Gasteiger partial charge in [-0.3, -0.25) is 25.0 Å². The van der Waals surface area contributed by atoms with Crippen LogP contribution in [-0.4, -0.2) is 36.8 Å². The molecule has 4 rings (SSSR count). The summed E-state index contributed by atoms with van der Waals surface area (Å²) in [5, 5.41) is 13.2. The number of nitrogens with zero attached hydrogens (tertiary/aromatic N) is 2. The number of benzene rings is 2. The fourth-order valence-electron chi connectivity index (χ4n) is 4.09. The number of rotatable bonds is 8. The molecule has 0 spiro atoms. The summed E-state index contributed by atoms with van der Waals surface area (Å²) in [6.45, 7) is -0.605. The Kier molecular flexibility index (Phi) is 7.13. The first-order chi connectivity index (χ1) is 17.1. The molecular weight excluding hydrogens is 513 g/mol. The second-order valence-corrected chi connectivity index (χ2v) is 11.4. The van der Waals surface area contributed by atoms with Crippen molar-refractivity contribution in [1.82, 2.24) is 4.98 Å². The van der Waals surface area contributed by atoms with Crippen LogP contribution in [0.5, 0.6) is 0 Å². The van der Waals surface area contributed by atoms with Gasteiger partial charge in [0.25, 0.3) is 11.6 Å². The van der Waals surface area contributed by atoms with Gasteiger partial charge in [-0.15, -0.1) is 0 Å². The minimum absolute atomic E-state index is 0.0225. The lowest BCUT2D eigenvalue weighted by molar-refractivity contribution is -0.384. The average Bonchev–Trinajstić information content (AvgIpc) is 3.54. The maximum atomic E-state index is 13.3. The number of carbonyl (C=O) groups excluding carboxylic acids is 2. The maximum Gasteiger partial charge on any atom is 0.317 e. The third-order valence-electron chi connectivity index (χ3n) is 5.93. The van der Waals surface area contributed by atoms with E-state index in [0.717, 1.165) is 43.3 Å². The van der Waals surface area contributed by atoms with E-state index in [1.165, 1.54) is 12.1 Å². The number of nitrogens with one attached hydrogen (secondary N) is 1. The number of non-ortho nitro benzene ring substituents is 1. The topological polar surface area (TPSA) is 146 Å². The van der Waals surface area contributed by atoms with Crippen molar-refractivity contribution in [2.75, 3.05) is 11.9 Å².